The second kappa shape index (κ2) is 11.4. The number of fused-ring (bicyclic) bond motifs is 1. The van der Waals surface area contributed by atoms with Crippen LogP contribution in [0.25, 0.3) is 10.9 Å². The van der Waals surface area contributed by atoms with Crippen molar-refractivity contribution in [2.45, 2.75) is 51.4 Å². The smallest absolute Gasteiger partial charge is 0.148 e. The molecule has 3 aromatic rings. The van der Waals surface area contributed by atoms with E-state index in [1.54, 1.807) is 11.9 Å². The molecular formula is C29H40FN5O. The Hall–Kier alpha value is -2.93. The largest absolute Gasteiger partial charge is 0.395 e. The van der Waals surface area contributed by atoms with Crippen LogP contribution in [0.2, 0.25) is 0 Å². The first-order valence-electron chi connectivity index (χ1n) is 13.3. The number of halogens is 1. The zero-order valence-electron chi connectivity index (χ0n) is 22.3. The molecule has 0 amide bonds. The monoisotopic (exact) mass is 493 g/mol. The summed E-state index contributed by atoms with van der Waals surface area (Å²) in [6.45, 7) is 6.15. The van der Waals surface area contributed by atoms with E-state index in [0.717, 1.165) is 55.8 Å². The molecule has 2 heterocycles. The second-order valence-corrected chi connectivity index (χ2v) is 9.86. The van der Waals surface area contributed by atoms with Crippen LogP contribution in [0.4, 0.5) is 21.6 Å². The third-order valence-corrected chi connectivity index (χ3v) is 7.20. The van der Waals surface area contributed by atoms with Crippen LogP contribution < -0.4 is 14.7 Å². The van der Waals surface area contributed by atoms with E-state index < -0.39 is 0 Å². The van der Waals surface area contributed by atoms with E-state index in [-0.39, 0.29) is 12.4 Å². The first-order valence-corrected chi connectivity index (χ1v) is 13.3. The normalized spacial score (nSPS) is 16.0. The molecule has 0 unspecified atom stereocenters. The number of para-hydroxylation sites is 1. The van der Waals surface area contributed by atoms with Crippen molar-refractivity contribution in [3.8, 4) is 0 Å². The number of aromatic nitrogens is 2. The fourth-order valence-electron chi connectivity index (χ4n) is 5.11. The molecule has 1 aliphatic carbocycles. The Morgan fingerprint density at radius 1 is 0.944 bits per heavy atom. The molecule has 1 aromatic heterocycles. The summed E-state index contributed by atoms with van der Waals surface area (Å²) in [6.07, 6.45) is 4.31. The van der Waals surface area contributed by atoms with Crippen LogP contribution in [0.5, 0.6) is 0 Å². The highest BCUT2D eigenvalue weighted by molar-refractivity contribution is 5.92. The van der Waals surface area contributed by atoms with Crippen molar-refractivity contribution < 1.29 is 9.50 Å². The van der Waals surface area contributed by atoms with Crippen LogP contribution >= 0.6 is 0 Å². The lowest BCUT2D eigenvalue weighted by Gasteiger charge is -2.35. The van der Waals surface area contributed by atoms with Gasteiger partial charge in [0.1, 0.15) is 17.5 Å². The molecule has 0 bridgehead atoms. The number of hydrogen-bond donors (Lipinski definition) is 1. The van der Waals surface area contributed by atoms with E-state index in [4.69, 9.17) is 9.97 Å². The molecule has 1 saturated heterocycles. The highest BCUT2D eigenvalue weighted by Crippen LogP contribution is 2.42. The van der Waals surface area contributed by atoms with Gasteiger partial charge in [-0.3, -0.25) is 0 Å². The zero-order valence-corrected chi connectivity index (χ0v) is 22.3. The Bertz CT molecular complexity index is 1170. The van der Waals surface area contributed by atoms with E-state index >= 15 is 0 Å². The molecule has 1 N–H and O–H groups in total. The SMILES string of the molecule is CC.CN(C)c1ccccc1C1CCN(c2nc(C3CC3)nc3cc(F)c(N(C)CCO)cc23)CC1. The predicted molar refractivity (Wildman–Crippen MR) is 148 cm³/mol. The van der Waals surface area contributed by atoms with E-state index in [2.05, 4.69) is 48.2 Å². The van der Waals surface area contributed by atoms with Crippen molar-refractivity contribution in [1.82, 2.24) is 9.97 Å². The summed E-state index contributed by atoms with van der Waals surface area (Å²) in [5.41, 5.74) is 3.84. The first-order chi connectivity index (χ1) is 17.5. The molecule has 1 saturated carbocycles. The molecule has 7 heteroatoms. The maximum absolute atomic E-state index is 15.0. The van der Waals surface area contributed by atoms with Gasteiger partial charge in [0.2, 0.25) is 0 Å². The summed E-state index contributed by atoms with van der Waals surface area (Å²) in [6, 6.07) is 12.1. The van der Waals surface area contributed by atoms with Gasteiger partial charge in [-0.25, -0.2) is 14.4 Å². The number of aliphatic hydroxyl groups is 1. The van der Waals surface area contributed by atoms with Gasteiger partial charge in [0.25, 0.3) is 0 Å². The van der Waals surface area contributed by atoms with Gasteiger partial charge in [-0.2, -0.15) is 0 Å². The minimum absolute atomic E-state index is 0.0279. The van der Waals surface area contributed by atoms with Gasteiger partial charge < -0.3 is 19.8 Å². The lowest BCUT2D eigenvalue weighted by molar-refractivity contribution is 0.304. The van der Waals surface area contributed by atoms with Crippen LogP contribution in [0.1, 0.15) is 62.8 Å². The molecule has 0 spiro atoms. The minimum atomic E-state index is -0.311. The van der Waals surface area contributed by atoms with Gasteiger partial charge >= 0.3 is 0 Å². The Balaban J connectivity index is 0.00000148. The number of benzene rings is 2. The summed E-state index contributed by atoms with van der Waals surface area (Å²) in [5.74, 6) is 2.36. The third-order valence-electron chi connectivity index (χ3n) is 7.20. The number of aliphatic hydroxyl groups excluding tert-OH is 1. The standard InChI is InChI=1S/C27H34FN5O.C2H6/c1-31(2)24-7-5-4-6-20(24)18-10-12-33(13-11-18)27-21-16-25(32(3)14-15-34)22(28)17-23(21)29-26(30-27)19-8-9-19;1-2/h4-7,16-19,34H,8-15H2,1-3H3;1-2H3. The maximum atomic E-state index is 15.0. The second-order valence-electron chi connectivity index (χ2n) is 9.86. The van der Waals surface area contributed by atoms with Crippen LogP contribution in [0, 0.1) is 5.82 Å². The fraction of sp³-hybridized carbons (Fsp3) is 0.517. The maximum Gasteiger partial charge on any atom is 0.148 e. The lowest BCUT2D eigenvalue weighted by Crippen LogP contribution is -2.34. The van der Waals surface area contributed by atoms with Crippen molar-refractivity contribution in [3.63, 3.8) is 0 Å². The minimum Gasteiger partial charge on any atom is -0.395 e. The van der Waals surface area contributed by atoms with Gasteiger partial charge in [0.15, 0.2) is 0 Å². The van der Waals surface area contributed by atoms with Crippen molar-refractivity contribution in [1.29, 1.82) is 0 Å². The third kappa shape index (κ3) is 5.41. The molecule has 2 aliphatic rings. The molecule has 0 radical (unpaired) electrons. The molecule has 1 aliphatic heterocycles. The number of hydrogen-bond acceptors (Lipinski definition) is 6. The summed E-state index contributed by atoms with van der Waals surface area (Å²) in [5, 5.41) is 10.2. The predicted octanol–water partition coefficient (Wildman–Crippen LogP) is 5.55. The van der Waals surface area contributed by atoms with E-state index in [1.807, 2.05) is 19.9 Å². The number of nitrogens with zero attached hydrogens (tertiary/aromatic N) is 5. The van der Waals surface area contributed by atoms with Gasteiger partial charge in [-0.1, -0.05) is 32.0 Å². The highest BCUT2D eigenvalue weighted by Gasteiger charge is 2.30. The Labute approximate surface area is 214 Å². The highest BCUT2D eigenvalue weighted by atomic mass is 19.1. The molecule has 2 aromatic carbocycles. The topological polar surface area (TPSA) is 55.7 Å². The molecule has 36 heavy (non-hydrogen) atoms. The number of rotatable bonds is 7. The Kier molecular flexibility index (Phi) is 8.29. The Morgan fingerprint density at radius 3 is 2.28 bits per heavy atom. The summed E-state index contributed by atoms with van der Waals surface area (Å²) in [7, 11) is 6.00. The number of likely N-dealkylation sites (N-methyl/N-ethyl adjacent to an activating group) is 1. The summed E-state index contributed by atoms with van der Waals surface area (Å²) in [4.78, 5) is 16.1. The zero-order chi connectivity index (χ0) is 25.8. The average Bonchev–Trinajstić information content (AvgIpc) is 3.75. The van der Waals surface area contributed by atoms with Crippen molar-refractivity contribution in [2.24, 2.45) is 0 Å². The van der Waals surface area contributed by atoms with Gasteiger partial charge in [0, 0.05) is 63.8 Å². The van der Waals surface area contributed by atoms with Crippen LogP contribution in [-0.4, -0.2) is 62.5 Å². The molecule has 0 atom stereocenters. The van der Waals surface area contributed by atoms with E-state index in [1.165, 1.54) is 17.3 Å². The van der Waals surface area contributed by atoms with Gasteiger partial charge in [0.05, 0.1) is 17.8 Å². The van der Waals surface area contributed by atoms with E-state index in [0.29, 0.717) is 29.6 Å². The lowest BCUT2D eigenvalue weighted by atomic mass is 9.88. The van der Waals surface area contributed by atoms with E-state index in [9.17, 15) is 9.50 Å². The van der Waals surface area contributed by atoms with Crippen LogP contribution in [0.15, 0.2) is 36.4 Å². The molecule has 6 nitrogen and oxygen atoms in total. The van der Waals surface area contributed by atoms with Crippen LogP contribution in [0.3, 0.4) is 0 Å². The first kappa shape index (κ1) is 26.1. The van der Waals surface area contributed by atoms with Crippen LogP contribution in [-0.2, 0) is 0 Å². The Morgan fingerprint density at radius 2 is 1.64 bits per heavy atom. The molecule has 2 fully saturated rings. The van der Waals surface area contributed by atoms with Crippen molar-refractivity contribution in [3.05, 3.63) is 53.6 Å². The van der Waals surface area contributed by atoms with Crippen molar-refractivity contribution >= 4 is 28.1 Å². The number of anilines is 3. The summed E-state index contributed by atoms with van der Waals surface area (Å²) >= 11 is 0. The fourth-order valence-corrected chi connectivity index (χ4v) is 5.11. The average molecular weight is 494 g/mol. The summed E-state index contributed by atoms with van der Waals surface area (Å²) < 4.78 is 15.0. The number of piperidine rings is 1. The van der Waals surface area contributed by atoms with Gasteiger partial charge in [-0.15, -0.1) is 0 Å². The molecule has 5 rings (SSSR count). The molecule has 194 valence electrons. The molecular weight excluding hydrogens is 453 g/mol. The van der Waals surface area contributed by atoms with Crippen molar-refractivity contribution in [2.75, 3.05) is 62.1 Å². The quantitative estimate of drug-likeness (QED) is 0.466. The van der Waals surface area contributed by atoms with Gasteiger partial charge in [-0.05, 0) is 49.3 Å².